The Morgan fingerprint density at radius 1 is 1.00 bits per heavy atom. The molecular weight excluding hydrogens is 360 g/mol. The van der Waals surface area contributed by atoms with Crippen LogP contribution in [0, 0.1) is 6.92 Å². The normalized spacial score (nSPS) is 19.4. The first kappa shape index (κ1) is 19.7. The maximum absolute atomic E-state index is 11.9. The van der Waals surface area contributed by atoms with Gasteiger partial charge in [-0.3, -0.25) is 4.90 Å². The van der Waals surface area contributed by atoms with Crippen molar-refractivity contribution in [2.75, 3.05) is 37.6 Å². The second-order valence-corrected chi connectivity index (χ2v) is 7.24. The Labute approximate surface area is 167 Å². The Bertz CT molecular complexity index is 787. The predicted octanol–water partition coefficient (Wildman–Crippen LogP) is 4.23. The van der Waals surface area contributed by atoms with E-state index in [0.717, 1.165) is 56.7 Å². The SMILES string of the molecule is Cc1ccccc1N1CCN(CCCC2OC(=O)c3ccccc32)CC1.Cl. The number of ether oxygens (including phenoxy) is 1. The molecule has 144 valence electrons. The van der Waals surface area contributed by atoms with E-state index in [4.69, 9.17) is 4.74 Å². The summed E-state index contributed by atoms with van der Waals surface area (Å²) in [5.74, 6) is -0.169. The minimum atomic E-state index is -0.169. The van der Waals surface area contributed by atoms with Crippen LogP contribution >= 0.6 is 12.4 Å². The molecule has 0 bridgehead atoms. The molecular formula is C22H27ClN2O2. The summed E-state index contributed by atoms with van der Waals surface area (Å²) in [6, 6.07) is 16.4. The molecule has 1 atom stereocenters. The zero-order valence-corrected chi connectivity index (χ0v) is 16.6. The second kappa shape index (κ2) is 8.77. The van der Waals surface area contributed by atoms with Crippen molar-refractivity contribution in [1.82, 2.24) is 4.90 Å². The lowest BCUT2D eigenvalue weighted by Gasteiger charge is -2.37. The van der Waals surface area contributed by atoms with Crippen LogP contribution in [0.15, 0.2) is 48.5 Å². The van der Waals surface area contributed by atoms with Gasteiger partial charge in [-0.1, -0.05) is 36.4 Å². The van der Waals surface area contributed by atoms with E-state index in [1.165, 1.54) is 11.3 Å². The Kier molecular flexibility index (Phi) is 6.40. The van der Waals surface area contributed by atoms with Crippen molar-refractivity contribution >= 4 is 24.1 Å². The third-order valence-electron chi connectivity index (χ3n) is 5.55. The molecule has 27 heavy (non-hydrogen) atoms. The van der Waals surface area contributed by atoms with E-state index in [1.54, 1.807) is 0 Å². The van der Waals surface area contributed by atoms with Gasteiger partial charge in [0.1, 0.15) is 6.10 Å². The maximum atomic E-state index is 11.9. The number of nitrogens with zero attached hydrogens (tertiary/aromatic N) is 2. The van der Waals surface area contributed by atoms with Gasteiger partial charge in [-0.2, -0.15) is 0 Å². The van der Waals surface area contributed by atoms with Crippen LogP contribution in [0.3, 0.4) is 0 Å². The lowest BCUT2D eigenvalue weighted by atomic mass is 10.0. The molecule has 2 heterocycles. The van der Waals surface area contributed by atoms with Crippen LogP contribution < -0.4 is 4.90 Å². The second-order valence-electron chi connectivity index (χ2n) is 7.24. The fourth-order valence-corrected chi connectivity index (χ4v) is 4.07. The van der Waals surface area contributed by atoms with E-state index in [9.17, 15) is 4.79 Å². The Balaban J connectivity index is 0.00000210. The molecule has 2 aromatic rings. The number of fused-ring (bicyclic) bond motifs is 1. The molecule has 0 saturated carbocycles. The van der Waals surface area contributed by atoms with E-state index in [0.29, 0.717) is 0 Å². The number of benzene rings is 2. The van der Waals surface area contributed by atoms with Crippen LogP contribution in [0.5, 0.6) is 0 Å². The summed E-state index contributed by atoms with van der Waals surface area (Å²) in [5, 5.41) is 0. The predicted molar refractivity (Wildman–Crippen MR) is 111 cm³/mol. The van der Waals surface area contributed by atoms with Crippen molar-refractivity contribution < 1.29 is 9.53 Å². The van der Waals surface area contributed by atoms with Crippen LogP contribution in [-0.2, 0) is 4.74 Å². The largest absolute Gasteiger partial charge is 0.454 e. The van der Waals surface area contributed by atoms with Crippen LogP contribution in [0.4, 0.5) is 5.69 Å². The quantitative estimate of drug-likeness (QED) is 0.720. The molecule has 0 aliphatic carbocycles. The number of piperazine rings is 1. The molecule has 0 spiro atoms. The number of esters is 1. The molecule has 2 aliphatic heterocycles. The van der Waals surface area contributed by atoms with Crippen LogP contribution in [0.1, 0.15) is 40.4 Å². The summed E-state index contributed by atoms with van der Waals surface area (Å²) in [6.07, 6.45) is 1.89. The number of hydrogen-bond donors (Lipinski definition) is 0. The number of hydrogen-bond acceptors (Lipinski definition) is 4. The molecule has 1 unspecified atom stereocenters. The van der Waals surface area contributed by atoms with E-state index >= 15 is 0 Å². The molecule has 0 aromatic heterocycles. The lowest BCUT2D eigenvalue weighted by Crippen LogP contribution is -2.46. The molecule has 0 amide bonds. The Hall–Kier alpha value is -2.04. The smallest absolute Gasteiger partial charge is 0.339 e. The number of carbonyl (C=O) groups excluding carboxylic acids is 1. The van der Waals surface area contributed by atoms with E-state index in [1.807, 2.05) is 24.3 Å². The van der Waals surface area contributed by atoms with Gasteiger partial charge >= 0.3 is 5.97 Å². The molecule has 4 nitrogen and oxygen atoms in total. The van der Waals surface area contributed by atoms with Crippen LogP contribution in [-0.4, -0.2) is 43.6 Å². The number of anilines is 1. The fourth-order valence-electron chi connectivity index (χ4n) is 4.07. The summed E-state index contributed by atoms with van der Waals surface area (Å²) in [6.45, 7) is 7.59. The Morgan fingerprint density at radius 2 is 1.70 bits per heavy atom. The third kappa shape index (κ3) is 4.28. The highest BCUT2D eigenvalue weighted by molar-refractivity contribution is 5.93. The van der Waals surface area contributed by atoms with Gasteiger partial charge in [-0.05, 0) is 44.0 Å². The van der Waals surface area contributed by atoms with Crippen molar-refractivity contribution in [3.63, 3.8) is 0 Å². The van der Waals surface area contributed by atoms with Crippen molar-refractivity contribution in [2.24, 2.45) is 0 Å². The minimum absolute atomic E-state index is 0. The maximum Gasteiger partial charge on any atom is 0.339 e. The van der Waals surface area contributed by atoms with Crippen LogP contribution in [0.2, 0.25) is 0 Å². The molecule has 0 N–H and O–H groups in total. The van der Waals surface area contributed by atoms with Gasteiger partial charge in [0.25, 0.3) is 0 Å². The molecule has 5 heteroatoms. The lowest BCUT2D eigenvalue weighted by molar-refractivity contribution is 0.0358. The number of rotatable bonds is 5. The highest BCUT2D eigenvalue weighted by Crippen LogP contribution is 2.33. The van der Waals surface area contributed by atoms with Crippen molar-refractivity contribution in [2.45, 2.75) is 25.9 Å². The highest BCUT2D eigenvalue weighted by Gasteiger charge is 2.30. The van der Waals surface area contributed by atoms with Crippen molar-refractivity contribution in [1.29, 1.82) is 0 Å². The van der Waals surface area contributed by atoms with Gasteiger partial charge in [0.2, 0.25) is 0 Å². The average molecular weight is 387 g/mol. The van der Waals surface area contributed by atoms with Gasteiger partial charge in [-0.15, -0.1) is 12.4 Å². The van der Waals surface area contributed by atoms with Crippen molar-refractivity contribution in [3.8, 4) is 0 Å². The molecule has 2 aliphatic rings. The first-order valence-electron chi connectivity index (χ1n) is 9.55. The number of halogens is 1. The van der Waals surface area contributed by atoms with Gasteiger partial charge < -0.3 is 9.64 Å². The first-order chi connectivity index (χ1) is 12.7. The number of para-hydroxylation sites is 1. The van der Waals surface area contributed by atoms with Gasteiger partial charge in [0.05, 0.1) is 5.56 Å². The number of aryl methyl sites for hydroxylation is 1. The molecule has 1 fully saturated rings. The van der Waals surface area contributed by atoms with Crippen LogP contribution in [0.25, 0.3) is 0 Å². The number of cyclic esters (lactones) is 1. The topological polar surface area (TPSA) is 32.8 Å². The number of carbonyl (C=O) groups is 1. The van der Waals surface area contributed by atoms with Crippen molar-refractivity contribution in [3.05, 3.63) is 65.2 Å². The Morgan fingerprint density at radius 3 is 2.48 bits per heavy atom. The van der Waals surface area contributed by atoms with Gasteiger partial charge in [0.15, 0.2) is 0 Å². The zero-order chi connectivity index (χ0) is 17.9. The fraction of sp³-hybridized carbons (Fsp3) is 0.409. The van der Waals surface area contributed by atoms with E-state index in [2.05, 4.69) is 41.0 Å². The average Bonchev–Trinajstić information content (AvgIpc) is 2.99. The highest BCUT2D eigenvalue weighted by atomic mass is 35.5. The summed E-state index contributed by atoms with van der Waals surface area (Å²) in [5.41, 5.74) is 4.51. The van der Waals surface area contributed by atoms with Gasteiger partial charge in [-0.25, -0.2) is 4.79 Å². The summed E-state index contributed by atoms with van der Waals surface area (Å²) < 4.78 is 5.54. The molecule has 0 radical (unpaired) electrons. The van der Waals surface area contributed by atoms with Gasteiger partial charge in [0, 0.05) is 37.4 Å². The summed E-state index contributed by atoms with van der Waals surface area (Å²) in [7, 11) is 0. The standard InChI is InChI=1S/C22H26N2O2.ClH/c1-17-7-2-5-10-20(17)24-15-13-23(14-16-24)12-6-11-21-18-8-3-4-9-19(18)22(25)26-21;/h2-5,7-10,21H,6,11-16H2,1H3;1H. The van der Waals surface area contributed by atoms with E-state index in [-0.39, 0.29) is 24.5 Å². The minimum Gasteiger partial charge on any atom is -0.454 e. The first-order valence-corrected chi connectivity index (χ1v) is 9.55. The third-order valence-corrected chi connectivity index (χ3v) is 5.55. The molecule has 2 aromatic carbocycles. The summed E-state index contributed by atoms with van der Waals surface area (Å²) >= 11 is 0. The zero-order valence-electron chi connectivity index (χ0n) is 15.8. The molecule has 4 rings (SSSR count). The molecule has 1 saturated heterocycles. The summed E-state index contributed by atoms with van der Waals surface area (Å²) in [4.78, 5) is 16.9. The monoisotopic (exact) mass is 386 g/mol. The van der Waals surface area contributed by atoms with E-state index < -0.39 is 0 Å².